The number of unbranched alkanes of at least 4 members (excludes halogenated alkanes) is 3. The van der Waals surface area contributed by atoms with E-state index in [2.05, 4.69) is 27.3 Å². The molecule has 0 spiro atoms. The molecule has 8 nitrogen and oxygen atoms in total. The van der Waals surface area contributed by atoms with Crippen molar-refractivity contribution in [3.63, 3.8) is 0 Å². The van der Waals surface area contributed by atoms with Crippen molar-refractivity contribution in [3.05, 3.63) is 82.7 Å². The molecule has 3 aromatic rings. The lowest BCUT2D eigenvalue weighted by atomic mass is 9.94. The fourth-order valence-electron chi connectivity index (χ4n) is 5.23. The van der Waals surface area contributed by atoms with Gasteiger partial charge in [-0.15, -0.1) is 0 Å². The highest BCUT2D eigenvalue weighted by molar-refractivity contribution is 6.31. The molecule has 2 N–H and O–H groups in total. The summed E-state index contributed by atoms with van der Waals surface area (Å²) in [5.74, 6) is -2.02. The molecule has 1 aliphatic rings. The van der Waals surface area contributed by atoms with Gasteiger partial charge in [-0.2, -0.15) is 0 Å². The molecule has 0 bridgehead atoms. The van der Waals surface area contributed by atoms with Gasteiger partial charge in [-0.1, -0.05) is 50.3 Å². The maximum atomic E-state index is 14.7. The van der Waals surface area contributed by atoms with Crippen LogP contribution >= 0.6 is 11.6 Å². The topological polar surface area (TPSA) is 101 Å². The van der Waals surface area contributed by atoms with Gasteiger partial charge in [0.25, 0.3) is 0 Å². The third kappa shape index (κ3) is 7.56. The zero-order valence-corrected chi connectivity index (χ0v) is 24.7. The lowest BCUT2D eigenvalue weighted by Crippen LogP contribution is -2.38. The lowest BCUT2D eigenvalue weighted by Gasteiger charge is -2.34. The van der Waals surface area contributed by atoms with Gasteiger partial charge < -0.3 is 15.0 Å². The molecule has 2 heterocycles. The number of nitrogens with one attached hydrogen (secondary N) is 2. The normalized spacial score (nSPS) is 13.7. The van der Waals surface area contributed by atoms with Gasteiger partial charge in [0.1, 0.15) is 5.82 Å². The maximum Gasteiger partial charge on any atom is 0.411 e. The maximum absolute atomic E-state index is 14.7. The second kappa shape index (κ2) is 14.7. The summed E-state index contributed by atoms with van der Waals surface area (Å²) in [6, 6.07) is 10.5. The van der Waals surface area contributed by atoms with Crippen LogP contribution in [0.15, 0.2) is 54.7 Å². The molecule has 0 aliphatic carbocycles. The third-order valence-electron chi connectivity index (χ3n) is 7.37. The molecule has 0 radical (unpaired) electrons. The van der Waals surface area contributed by atoms with E-state index >= 15 is 0 Å². The zero-order valence-electron chi connectivity index (χ0n) is 24.0. The van der Waals surface area contributed by atoms with E-state index < -0.39 is 17.7 Å². The fraction of sp³-hybridized carbons (Fsp3) is 0.312. The molecule has 0 saturated heterocycles. The molecule has 1 unspecified atom stereocenters. The van der Waals surface area contributed by atoms with Crippen LogP contribution < -0.4 is 10.6 Å². The number of hydrogen-bond acceptors (Lipinski definition) is 5. The van der Waals surface area contributed by atoms with Crippen LogP contribution in [0.3, 0.4) is 0 Å². The molecule has 1 aromatic heterocycles. The van der Waals surface area contributed by atoms with E-state index in [4.69, 9.17) is 11.6 Å². The minimum absolute atomic E-state index is 0.209. The summed E-state index contributed by atoms with van der Waals surface area (Å²) in [6.45, 7) is 2.36. The first kappa shape index (κ1) is 31.6. The quantitative estimate of drug-likeness (QED) is 0.124. The zero-order chi connectivity index (χ0) is 30.9. The number of hydrogen-bond donors (Lipinski definition) is 2. The molecule has 1 atom stereocenters. The standard InChI is InChI=1S/C32H33ClF2N4O4/c1-3-4-5-6-7-28(39-15-13-21(17-29(39)41)30-25(34)11-10-24(33)31(30)35)27-16-20(12-14-36-27)23-9-8-22(38-32(42)43-2)18-26(23)37-19-40/h8-12,14,16-19,28H,3-7,13,15H2,1-2H3,(H,37,40)(H,38,42). The Morgan fingerprint density at radius 1 is 1.16 bits per heavy atom. The van der Waals surface area contributed by atoms with Crippen LogP contribution in [0.5, 0.6) is 0 Å². The van der Waals surface area contributed by atoms with Gasteiger partial charge >= 0.3 is 6.09 Å². The lowest BCUT2D eigenvalue weighted by molar-refractivity contribution is -0.129. The summed E-state index contributed by atoms with van der Waals surface area (Å²) in [6.07, 6.45) is 7.65. The van der Waals surface area contributed by atoms with Gasteiger partial charge in [0.05, 0.1) is 35.1 Å². The summed E-state index contributed by atoms with van der Waals surface area (Å²) in [5.41, 5.74) is 2.92. The number of anilines is 2. The number of halogens is 3. The Hall–Kier alpha value is -4.31. The Morgan fingerprint density at radius 2 is 1.98 bits per heavy atom. The van der Waals surface area contributed by atoms with Crippen molar-refractivity contribution in [3.8, 4) is 11.1 Å². The van der Waals surface area contributed by atoms with Crippen molar-refractivity contribution in [1.29, 1.82) is 0 Å². The van der Waals surface area contributed by atoms with Gasteiger partial charge in [-0.3, -0.25) is 19.9 Å². The van der Waals surface area contributed by atoms with E-state index in [-0.39, 0.29) is 41.1 Å². The predicted molar refractivity (Wildman–Crippen MR) is 163 cm³/mol. The SMILES string of the molecule is CCCCCCC(c1cc(-c2ccc(NC(=O)OC)cc2NC=O)ccn1)N1CCC(c2c(F)ccc(Cl)c2F)=CC1=O. The van der Waals surface area contributed by atoms with E-state index in [1.54, 1.807) is 35.4 Å². The summed E-state index contributed by atoms with van der Waals surface area (Å²) >= 11 is 5.90. The highest BCUT2D eigenvalue weighted by Gasteiger charge is 2.30. The fourth-order valence-corrected chi connectivity index (χ4v) is 5.39. The van der Waals surface area contributed by atoms with Gasteiger partial charge in [-0.25, -0.2) is 13.6 Å². The van der Waals surface area contributed by atoms with E-state index in [9.17, 15) is 23.2 Å². The van der Waals surface area contributed by atoms with Crippen molar-refractivity contribution in [2.45, 2.75) is 51.5 Å². The van der Waals surface area contributed by atoms with E-state index in [0.29, 0.717) is 35.5 Å². The Morgan fingerprint density at radius 3 is 2.70 bits per heavy atom. The van der Waals surface area contributed by atoms with Crippen LogP contribution in [0, 0.1) is 11.6 Å². The van der Waals surface area contributed by atoms with Crippen molar-refractivity contribution in [1.82, 2.24) is 9.88 Å². The first-order valence-corrected chi connectivity index (χ1v) is 14.5. The molecule has 43 heavy (non-hydrogen) atoms. The van der Waals surface area contributed by atoms with Crippen LogP contribution in [-0.2, 0) is 14.3 Å². The number of carbonyl (C=O) groups is 3. The van der Waals surface area contributed by atoms with E-state index in [1.807, 2.05) is 6.07 Å². The summed E-state index contributed by atoms with van der Waals surface area (Å²) in [7, 11) is 1.25. The minimum atomic E-state index is -0.882. The minimum Gasteiger partial charge on any atom is -0.453 e. The summed E-state index contributed by atoms with van der Waals surface area (Å²) in [4.78, 5) is 42.8. The second-order valence-electron chi connectivity index (χ2n) is 10.1. The Bertz CT molecular complexity index is 1530. The molecular weight excluding hydrogens is 578 g/mol. The number of nitrogens with zero attached hydrogens (tertiary/aromatic N) is 2. The average molecular weight is 611 g/mol. The molecule has 11 heteroatoms. The van der Waals surface area contributed by atoms with E-state index in [0.717, 1.165) is 43.4 Å². The average Bonchev–Trinajstić information content (AvgIpc) is 3.00. The summed E-state index contributed by atoms with van der Waals surface area (Å²) in [5, 5.41) is 5.03. The van der Waals surface area contributed by atoms with Crippen LogP contribution in [0.25, 0.3) is 16.7 Å². The Balaban J connectivity index is 1.68. The van der Waals surface area contributed by atoms with Gasteiger partial charge in [0.2, 0.25) is 12.3 Å². The van der Waals surface area contributed by atoms with E-state index in [1.165, 1.54) is 13.2 Å². The van der Waals surface area contributed by atoms with Gasteiger partial charge in [-0.05, 0) is 60.4 Å². The van der Waals surface area contributed by atoms with Crippen LogP contribution in [0.2, 0.25) is 5.02 Å². The molecule has 226 valence electrons. The number of benzene rings is 2. The number of aromatic nitrogens is 1. The number of methoxy groups -OCH3 is 1. The number of amides is 3. The largest absolute Gasteiger partial charge is 0.453 e. The second-order valence-corrected chi connectivity index (χ2v) is 10.6. The Labute approximate surface area is 254 Å². The number of carbonyl (C=O) groups excluding carboxylic acids is 3. The monoisotopic (exact) mass is 610 g/mol. The molecule has 0 saturated carbocycles. The number of pyridine rings is 1. The third-order valence-corrected chi connectivity index (χ3v) is 7.67. The van der Waals surface area contributed by atoms with Crippen LogP contribution in [0.1, 0.15) is 62.7 Å². The molecule has 0 fully saturated rings. The van der Waals surface area contributed by atoms with Crippen LogP contribution in [0.4, 0.5) is 25.0 Å². The number of rotatable bonds is 12. The van der Waals surface area contributed by atoms with Gasteiger partial charge in [0, 0.05) is 30.1 Å². The molecular formula is C32H33ClF2N4O4. The first-order chi connectivity index (χ1) is 20.8. The predicted octanol–water partition coefficient (Wildman–Crippen LogP) is 7.75. The Kier molecular flexibility index (Phi) is 10.8. The first-order valence-electron chi connectivity index (χ1n) is 14.1. The summed E-state index contributed by atoms with van der Waals surface area (Å²) < 4.78 is 33.9. The van der Waals surface area contributed by atoms with Crippen molar-refractivity contribution < 1.29 is 27.9 Å². The van der Waals surface area contributed by atoms with Crippen LogP contribution in [-0.4, -0.2) is 41.9 Å². The van der Waals surface area contributed by atoms with Gasteiger partial charge in [0.15, 0.2) is 5.82 Å². The molecule has 4 rings (SSSR count). The van der Waals surface area contributed by atoms with Crippen molar-refractivity contribution >= 4 is 47.0 Å². The smallest absolute Gasteiger partial charge is 0.411 e. The van der Waals surface area contributed by atoms with Crippen molar-refractivity contribution in [2.75, 3.05) is 24.3 Å². The highest BCUT2D eigenvalue weighted by Crippen LogP contribution is 2.37. The molecule has 1 aliphatic heterocycles. The molecule has 3 amide bonds. The molecule has 2 aromatic carbocycles. The number of ether oxygens (including phenoxy) is 1. The van der Waals surface area contributed by atoms with Crippen molar-refractivity contribution in [2.24, 2.45) is 0 Å². The highest BCUT2D eigenvalue weighted by atomic mass is 35.5.